The van der Waals surface area contributed by atoms with Gasteiger partial charge in [0.05, 0.1) is 6.61 Å². The fourth-order valence-corrected chi connectivity index (χ4v) is 5.54. The van der Waals surface area contributed by atoms with Crippen molar-refractivity contribution >= 4 is 18.2 Å². The van der Waals surface area contributed by atoms with Gasteiger partial charge in [-0.25, -0.2) is 4.57 Å². The number of rotatable bonds is 5. The molecule has 1 atom stereocenters. The minimum atomic E-state index is -3.15. The van der Waals surface area contributed by atoms with Crippen LogP contribution in [0.5, 0.6) is 5.75 Å². The van der Waals surface area contributed by atoms with E-state index in [4.69, 9.17) is 9.05 Å². The Morgan fingerprint density at radius 1 is 1.24 bits per heavy atom. The van der Waals surface area contributed by atoms with E-state index in [1.165, 1.54) is 11.4 Å². The summed E-state index contributed by atoms with van der Waals surface area (Å²) in [4.78, 5) is 0. The molecule has 1 unspecified atom stereocenters. The summed E-state index contributed by atoms with van der Waals surface area (Å²) < 4.78 is 23.2. The van der Waals surface area contributed by atoms with E-state index in [1.807, 2.05) is 45.9 Å². The van der Waals surface area contributed by atoms with Crippen LogP contribution in [0.4, 0.5) is 0 Å². The first-order chi connectivity index (χ1) is 7.85. The van der Waals surface area contributed by atoms with E-state index in [9.17, 15) is 4.57 Å². The Morgan fingerprint density at radius 2 is 1.82 bits per heavy atom. The van der Waals surface area contributed by atoms with Crippen molar-refractivity contribution in [3.63, 3.8) is 0 Å². The van der Waals surface area contributed by atoms with Crippen LogP contribution in [0.1, 0.15) is 27.7 Å². The Balaban J connectivity index is 2.82. The highest BCUT2D eigenvalue weighted by Gasteiger charge is 2.33. The third-order valence-electron chi connectivity index (χ3n) is 1.63. The maximum Gasteiger partial charge on any atom is 0.440 e. The second-order valence-electron chi connectivity index (χ2n) is 4.47. The Labute approximate surface area is 107 Å². The molecule has 0 radical (unpaired) electrons. The molecular weight excluding hydrogens is 255 g/mol. The Morgan fingerprint density at radius 3 is 2.29 bits per heavy atom. The molecule has 17 heavy (non-hydrogen) atoms. The van der Waals surface area contributed by atoms with Crippen molar-refractivity contribution in [2.75, 3.05) is 6.61 Å². The average molecular weight is 274 g/mol. The van der Waals surface area contributed by atoms with Crippen LogP contribution in [-0.2, 0) is 9.09 Å². The minimum absolute atomic E-state index is 0.181. The quantitative estimate of drug-likeness (QED) is 0.726. The Kier molecular flexibility index (Phi) is 5.11. The van der Waals surface area contributed by atoms with Gasteiger partial charge in [-0.2, -0.15) is 0 Å². The molecule has 3 nitrogen and oxygen atoms in total. The van der Waals surface area contributed by atoms with Gasteiger partial charge < -0.3 is 4.52 Å². The van der Waals surface area contributed by atoms with Crippen LogP contribution >= 0.6 is 18.2 Å². The van der Waals surface area contributed by atoms with Gasteiger partial charge in [-0.1, -0.05) is 39.0 Å². The van der Waals surface area contributed by atoms with Gasteiger partial charge in [0.15, 0.2) is 0 Å². The van der Waals surface area contributed by atoms with Gasteiger partial charge in [0.25, 0.3) is 0 Å². The molecule has 0 aliphatic rings. The smallest absolute Gasteiger partial charge is 0.417 e. The predicted molar refractivity (Wildman–Crippen MR) is 73.6 cm³/mol. The van der Waals surface area contributed by atoms with Crippen LogP contribution in [0.25, 0.3) is 0 Å². The van der Waals surface area contributed by atoms with Crippen molar-refractivity contribution in [3.05, 3.63) is 30.3 Å². The third kappa shape index (κ3) is 5.62. The molecule has 0 aliphatic heterocycles. The van der Waals surface area contributed by atoms with E-state index in [0.29, 0.717) is 12.4 Å². The molecule has 0 saturated heterocycles. The zero-order valence-corrected chi connectivity index (χ0v) is 12.4. The molecule has 0 fully saturated rings. The number of hydrogen-bond acceptors (Lipinski definition) is 4. The molecule has 1 aromatic rings. The third-order valence-corrected chi connectivity index (χ3v) is 6.27. The Bertz CT molecular complexity index is 386. The summed E-state index contributed by atoms with van der Waals surface area (Å²) >= 11 is 1.23. The first kappa shape index (κ1) is 14.6. The van der Waals surface area contributed by atoms with Crippen LogP contribution in [0.3, 0.4) is 0 Å². The van der Waals surface area contributed by atoms with Gasteiger partial charge in [-0.15, -0.1) is 0 Å². The number of hydrogen-bond donors (Lipinski definition) is 0. The average Bonchev–Trinajstić information content (AvgIpc) is 2.15. The zero-order valence-electron chi connectivity index (χ0n) is 10.7. The van der Waals surface area contributed by atoms with Gasteiger partial charge >= 0.3 is 6.80 Å². The highest BCUT2D eigenvalue weighted by atomic mass is 32.7. The van der Waals surface area contributed by atoms with Crippen molar-refractivity contribution in [2.45, 2.75) is 32.4 Å². The summed E-state index contributed by atoms with van der Waals surface area (Å²) in [5, 5.41) is 0. The summed E-state index contributed by atoms with van der Waals surface area (Å²) in [7, 11) is 0. The topological polar surface area (TPSA) is 35.5 Å². The fourth-order valence-electron chi connectivity index (χ4n) is 1.18. The minimum Gasteiger partial charge on any atom is -0.417 e. The molecule has 0 N–H and O–H groups in total. The van der Waals surface area contributed by atoms with E-state index in [2.05, 4.69) is 0 Å². The molecule has 1 aromatic carbocycles. The lowest BCUT2D eigenvalue weighted by molar-refractivity contribution is 0.296. The van der Waals surface area contributed by atoms with Crippen LogP contribution in [0, 0.1) is 0 Å². The Hall–Kier alpha value is -0.440. The van der Waals surface area contributed by atoms with Crippen molar-refractivity contribution in [2.24, 2.45) is 0 Å². The summed E-state index contributed by atoms with van der Waals surface area (Å²) in [6, 6.07) is 9.11. The SMILES string of the molecule is CCOP(=O)(Oc1ccccc1)SC(C)(C)C. The summed E-state index contributed by atoms with van der Waals surface area (Å²) in [6.45, 7) is 4.98. The van der Waals surface area contributed by atoms with E-state index in [1.54, 1.807) is 12.1 Å². The first-order valence-corrected chi connectivity index (χ1v) is 8.51. The standard InChI is InChI=1S/C12H19O3PS/c1-5-14-16(13,17-12(2,3)4)15-11-9-7-6-8-10-11/h6-10H,5H2,1-4H3. The van der Waals surface area contributed by atoms with E-state index >= 15 is 0 Å². The summed E-state index contributed by atoms with van der Waals surface area (Å²) in [5.41, 5.74) is 0. The molecule has 96 valence electrons. The molecule has 0 saturated carbocycles. The lowest BCUT2D eigenvalue weighted by Gasteiger charge is -2.24. The van der Waals surface area contributed by atoms with Crippen LogP contribution < -0.4 is 4.52 Å². The second-order valence-corrected chi connectivity index (χ2v) is 9.10. The van der Waals surface area contributed by atoms with Crippen LogP contribution in [0.2, 0.25) is 0 Å². The summed E-state index contributed by atoms with van der Waals surface area (Å²) in [5.74, 6) is 0.570. The number of benzene rings is 1. The molecule has 0 aromatic heterocycles. The monoisotopic (exact) mass is 274 g/mol. The van der Waals surface area contributed by atoms with Gasteiger partial charge in [0.2, 0.25) is 0 Å². The van der Waals surface area contributed by atoms with E-state index < -0.39 is 6.80 Å². The van der Waals surface area contributed by atoms with Crippen molar-refractivity contribution in [1.82, 2.24) is 0 Å². The van der Waals surface area contributed by atoms with Crippen molar-refractivity contribution < 1.29 is 13.6 Å². The van der Waals surface area contributed by atoms with Gasteiger partial charge in [-0.3, -0.25) is 4.52 Å². The highest BCUT2D eigenvalue weighted by molar-refractivity contribution is 8.55. The number of para-hydroxylation sites is 1. The van der Waals surface area contributed by atoms with Gasteiger partial charge in [0.1, 0.15) is 5.75 Å². The van der Waals surface area contributed by atoms with Gasteiger partial charge in [0, 0.05) is 4.75 Å². The van der Waals surface area contributed by atoms with Crippen LogP contribution in [0.15, 0.2) is 30.3 Å². The molecule has 0 amide bonds. The van der Waals surface area contributed by atoms with Gasteiger partial charge in [-0.05, 0) is 30.4 Å². The van der Waals surface area contributed by atoms with Crippen molar-refractivity contribution in [1.29, 1.82) is 0 Å². The van der Waals surface area contributed by atoms with Crippen LogP contribution in [-0.4, -0.2) is 11.4 Å². The maximum atomic E-state index is 12.5. The summed E-state index contributed by atoms with van der Waals surface area (Å²) in [6.07, 6.45) is 0. The second kappa shape index (κ2) is 5.94. The normalized spacial score (nSPS) is 15.3. The predicted octanol–water partition coefficient (Wildman–Crippen LogP) is 4.74. The maximum absolute atomic E-state index is 12.5. The molecule has 0 heterocycles. The fraction of sp³-hybridized carbons (Fsp3) is 0.500. The molecule has 0 bridgehead atoms. The highest BCUT2D eigenvalue weighted by Crippen LogP contribution is 2.64. The molecule has 0 aliphatic carbocycles. The van der Waals surface area contributed by atoms with Crippen molar-refractivity contribution in [3.8, 4) is 5.75 Å². The molecule has 1 rings (SSSR count). The van der Waals surface area contributed by atoms with E-state index in [0.717, 1.165) is 0 Å². The molecule has 5 heteroatoms. The first-order valence-electron chi connectivity index (χ1n) is 5.55. The van der Waals surface area contributed by atoms with E-state index in [-0.39, 0.29) is 4.75 Å². The lowest BCUT2D eigenvalue weighted by atomic mass is 10.3. The lowest BCUT2D eigenvalue weighted by Crippen LogP contribution is -2.09. The zero-order chi connectivity index (χ0) is 12.9. The molecule has 0 spiro atoms. The largest absolute Gasteiger partial charge is 0.440 e. The molecular formula is C12H19O3PS.